The zero-order valence-corrected chi connectivity index (χ0v) is 19.0. The minimum Gasteiger partial charge on any atom is -0.352 e. The van der Waals surface area contributed by atoms with Crippen LogP contribution >= 0.6 is 27.7 Å². The Labute approximate surface area is 185 Å². The van der Waals surface area contributed by atoms with Crippen molar-refractivity contribution in [2.24, 2.45) is 0 Å². The van der Waals surface area contributed by atoms with Gasteiger partial charge in [0.25, 0.3) is 0 Å². The Balaban J connectivity index is 1.69. The molecule has 1 N–H and O–H groups in total. The first-order valence-corrected chi connectivity index (χ1v) is 11.8. The van der Waals surface area contributed by atoms with Gasteiger partial charge >= 0.3 is 0 Å². The average molecular weight is 475 g/mol. The standard InChI is InChI=1S/C23H27BrN2O2S/c1-17(23(28)25-20-7-5-6-8-20)26(15-18-11-13-19(24)14-12-18)22(27)16-29-21-9-3-2-4-10-21/h2-4,9-14,17,20H,5-8,15-16H2,1H3,(H,25,28). The Bertz CT molecular complexity index is 807. The second kappa shape index (κ2) is 10.8. The topological polar surface area (TPSA) is 49.4 Å². The Hall–Kier alpha value is -1.79. The van der Waals surface area contributed by atoms with Gasteiger partial charge in [0.2, 0.25) is 11.8 Å². The van der Waals surface area contributed by atoms with Crippen molar-refractivity contribution >= 4 is 39.5 Å². The molecule has 1 saturated carbocycles. The fourth-order valence-corrected chi connectivity index (χ4v) is 4.58. The zero-order chi connectivity index (χ0) is 20.6. The Morgan fingerprint density at radius 1 is 1.10 bits per heavy atom. The number of halogens is 1. The van der Waals surface area contributed by atoms with Crippen LogP contribution in [0, 0.1) is 0 Å². The molecular formula is C23H27BrN2O2S. The van der Waals surface area contributed by atoms with Crippen LogP contribution in [-0.4, -0.2) is 34.6 Å². The summed E-state index contributed by atoms with van der Waals surface area (Å²) in [6.07, 6.45) is 4.38. The van der Waals surface area contributed by atoms with Gasteiger partial charge in [0.15, 0.2) is 0 Å². The van der Waals surface area contributed by atoms with Gasteiger partial charge in [0.1, 0.15) is 6.04 Å². The molecule has 1 fully saturated rings. The molecular weight excluding hydrogens is 448 g/mol. The third-order valence-electron chi connectivity index (χ3n) is 5.24. The summed E-state index contributed by atoms with van der Waals surface area (Å²) >= 11 is 4.95. The number of nitrogens with zero attached hydrogens (tertiary/aromatic N) is 1. The second-order valence-electron chi connectivity index (χ2n) is 7.42. The summed E-state index contributed by atoms with van der Waals surface area (Å²) in [4.78, 5) is 28.7. The number of nitrogens with one attached hydrogen (secondary N) is 1. The molecule has 0 saturated heterocycles. The Kier molecular flexibility index (Phi) is 8.19. The number of amides is 2. The van der Waals surface area contributed by atoms with E-state index in [1.165, 1.54) is 11.8 Å². The largest absolute Gasteiger partial charge is 0.352 e. The number of rotatable bonds is 8. The normalized spacial score (nSPS) is 15.1. The third-order valence-corrected chi connectivity index (χ3v) is 6.77. The van der Waals surface area contributed by atoms with Gasteiger partial charge in [0, 0.05) is 22.0 Å². The monoisotopic (exact) mass is 474 g/mol. The van der Waals surface area contributed by atoms with E-state index >= 15 is 0 Å². The molecule has 0 radical (unpaired) electrons. The summed E-state index contributed by atoms with van der Waals surface area (Å²) in [5, 5.41) is 3.14. The summed E-state index contributed by atoms with van der Waals surface area (Å²) < 4.78 is 0.991. The number of carbonyl (C=O) groups excluding carboxylic acids is 2. The molecule has 2 aromatic carbocycles. The molecule has 2 amide bonds. The SMILES string of the molecule is CC(C(=O)NC1CCCC1)N(Cc1ccc(Br)cc1)C(=O)CSc1ccccc1. The van der Waals surface area contributed by atoms with Crippen LogP contribution in [0.15, 0.2) is 64.0 Å². The van der Waals surface area contributed by atoms with Crippen LogP contribution in [-0.2, 0) is 16.1 Å². The number of benzene rings is 2. The van der Waals surface area contributed by atoms with E-state index < -0.39 is 6.04 Å². The van der Waals surface area contributed by atoms with Gasteiger partial charge < -0.3 is 10.2 Å². The van der Waals surface area contributed by atoms with Crippen LogP contribution in [0.1, 0.15) is 38.2 Å². The van der Waals surface area contributed by atoms with Crippen LogP contribution in [0.5, 0.6) is 0 Å². The molecule has 0 aromatic heterocycles. The summed E-state index contributed by atoms with van der Waals surface area (Å²) in [6, 6.07) is 17.5. The fourth-order valence-electron chi connectivity index (χ4n) is 3.51. The fraction of sp³-hybridized carbons (Fsp3) is 0.391. The van der Waals surface area contributed by atoms with Crippen LogP contribution in [0.3, 0.4) is 0 Å². The van der Waals surface area contributed by atoms with Crippen molar-refractivity contribution in [2.75, 3.05) is 5.75 Å². The minimum absolute atomic E-state index is 0.0316. The van der Waals surface area contributed by atoms with E-state index in [2.05, 4.69) is 21.2 Å². The molecule has 1 atom stereocenters. The summed E-state index contributed by atoms with van der Waals surface area (Å²) in [5.41, 5.74) is 1.01. The molecule has 0 heterocycles. The highest BCUT2D eigenvalue weighted by atomic mass is 79.9. The Morgan fingerprint density at radius 2 is 1.76 bits per heavy atom. The quantitative estimate of drug-likeness (QED) is 0.546. The molecule has 2 aromatic rings. The molecule has 1 aliphatic carbocycles. The van der Waals surface area contributed by atoms with Gasteiger partial charge in [-0.25, -0.2) is 0 Å². The predicted molar refractivity (Wildman–Crippen MR) is 122 cm³/mol. The molecule has 0 aliphatic heterocycles. The summed E-state index contributed by atoms with van der Waals surface area (Å²) in [6.45, 7) is 2.24. The highest BCUT2D eigenvalue weighted by Crippen LogP contribution is 2.21. The van der Waals surface area contributed by atoms with Crippen molar-refractivity contribution in [1.29, 1.82) is 0 Å². The van der Waals surface area contributed by atoms with Crippen LogP contribution in [0.2, 0.25) is 0 Å². The van der Waals surface area contributed by atoms with E-state index in [4.69, 9.17) is 0 Å². The van der Waals surface area contributed by atoms with E-state index in [0.717, 1.165) is 40.6 Å². The number of thioether (sulfide) groups is 1. The van der Waals surface area contributed by atoms with Crippen molar-refractivity contribution in [3.05, 3.63) is 64.6 Å². The first-order valence-electron chi connectivity index (χ1n) is 10.0. The van der Waals surface area contributed by atoms with Gasteiger partial charge in [-0.05, 0) is 49.6 Å². The number of hydrogen-bond donors (Lipinski definition) is 1. The highest BCUT2D eigenvalue weighted by molar-refractivity contribution is 9.10. The lowest BCUT2D eigenvalue weighted by Gasteiger charge is -2.29. The van der Waals surface area contributed by atoms with E-state index in [1.54, 1.807) is 4.90 Å². The molecule has 154 valence electrons. The lowest BCUT2D eigenvalue weighted by molar-refractivity contribution is -0.138. The molecule has 29 heavy (non-hydrogen) atoms. The van der Waals surface area contributed by atoms with Crippen molar-refractivity contribution in [1.82, 2.24) is 10.2 Å². The predicted octanol–water partition coefficient (Wildman–Crippen LogP) is 5.02. The van der Waals surface area contributed by atoms with E-state index in [0.29, 0.717) is 12.3 Å². The number of carbonyl (C=O) groups is 2. The van der Waals surface area contributed by atoms with Crippen molar-refractivity contribution in [3.63, 3.8) is 0 Å². The number of hydrogen-bond acceptors (Lipinski definition) is 3. The molecule has 3 rings (SSSR count). The van der Waals surface area contributed by atoms with Gasteiger partial charge in [-0.1, -0.05) is 59.1 Å². The molecule has 0 bridgehead atoms. The lowest BCUT2D eigenvalue weighted by Crippen LogP contribution is -2.50. The zero-order valence-electron chi connectivity index (χ0n) is 16.6. The van der Waals surface area contributed by atoms with E-state index in [-0.39, 0.29) is 17.9 Å². The van der Waals surface area contributed by atoms with Crippen LogP contribution < -0.4 is 5.32 Å². The molecule has 4 nitrogen and oxygen atoms in total. The van der Waals surface area contributed by atoms with Crippen molar-refractivity contribution in [3.8, 4) is 0 Å². The van der Waals surface area contributed by atoms with E-state index in [9.17, 15) is 9.59 Å². The summed E-state index contributed by atoms with van der Waals surface area (Å²) in [5.74, 6) is 0.213. The maximum absolute atomic E-state index is 13.1. The first-order chi connectivity index (χ1) is 14.0. The minimum atomic E-state index is -0.511. The van der Waals surface area contributed by atoms with Crippen LogP contribution in [0.4, 0.5) is 0 Å². The second-order valence-corrected chi connectivity index (χ2v) is 9.38. The Morgan fingerprint density at radius 3 is 2.41 bits per heavy atom. The molecule has 1 aliphatic rings. The maximum atomic E-state index is 13.1. The molecule has 6 heteroatoms. The van der Waals surface area contributed by atoms with Gasteiger partial charge in [-0.3, -0.25) is 9.59 Å². The average Bonchev–Trinajstić information content (AvgIpc) is 3.25. The maximum Gasteiger partial charge on any atom is 0.242 e. The van der Waals surface area contributed by atoms with Crippen molar-refractivity contribution in [2.45, 2.75) is 56.1 Å². The highest BCUT2D eigenvalue weighted by Gasteiger charge is 2.28. The van der Waals surface area contributed by atoms with E-state index in [1.807, 2.05) is 61.5 Å². The van der Waals surface area contributed by atoms with Gasteiger partial charge in [-0.2, -0.15) is 0 Å². The lowest BCUT2D eigenvalue weighted by atomic mass is 10.1. The van der Waals surface area contributed by atoms with Crippen molar-refractivity contribution < 1.29 is 9.59 Å². The summed E-state index contributed by atoms with van der Waals surface area (Å²) in [7, 11) is 0. The van der Waals surface area contributed by atoms with Gasteiger partial charge in [-0.15, -0.1) is 11.8 Å². The van der Waals surface area contributed by atoms with Crippen LogP contribution in [0.25, 0.3) is 0 Å². The molecule has 0 spiro atoms. The smallest absolute Gasteiger partial charge is 0.242 e. The third kappa shape index (κ3) is 6.61. The first kappa shape index (κ1) is 21.9. The van der Waals surface area contributed by atoms with Gasteiger partial charge in [0.05, 0.1) is 5.75 Å². The molecule has 1 unspecified atom stereocenters.